The van der Waals surface area contributed by atoms with E-state index in [-0.39, 0.29) is 22.5 Å². The summed E-state index contributed by atoms with van der Waals surface area (Å²) in [5.41, 5.74) is -0.125. The number of para-hydroxylation sites is 1. The maximum absolute atomic E-state index is 13.7. The lowest BCUT2D eigenvalue weighted by Gasteiger charge is -2.14. The average molecular weight is 504 g/mol. The lowest BCUT2D eigenvalue weighted by molar-refractivity contribution is -0.154. The first kappa shape index (κ1) is 24.2. The van der Waals surface area contributed by atoms with Gasteiger partial charge in [-0.15, -0.1) is 0 Å². The van der Waals surface area contributed by atoms with Crippen LogP contribution in [0.4, 0.5) is 18.9 Å². The number of hydrogen-bond donors (Lipinski definition) is 1. The molecule has 0 atom stereocenters. The van der Waals surface area contributed by atoms with Crippen LogP contribution in [0.5, 0.6) is 17.2 Å². The molecule has 1 aromatic heterocycles. The van der Waals surface area contributed by atoms with Gasteiger partial charge < -0.3 is 19.2 Å². The highest BCUT2D eigenvalue weighted by molar-refractivity contribution is 6.33. The van der Waals surface area contributed by atoms with Crippen LogP contribution in [0.25, 0.3) is 11.0 Å². The van der Waals surface area contributed by atoms with Crippen LogP contribution in [0.15, 0.2) is 75.9 Å². The van der Waals surface area contributed by atoms with Crippen LogP contribution >= 0.6 is 11.6 Å². The van der Waals surface area contributed by atoms with Crippen molar-refractivity contribution in [3.8, 4) is 17.2 Å². The van der Waals surface area contributed by atoms with Gasteiger partial charge in [0.2, 0.25) is 11.2 Å². The van der Waals surface area contributed by atoms with Crippen molar-refractivity contribution < 1.29 is 31.9 Å². The number of hydrogen-bond acceptors (Lipinski definition) is 5. The highest BCUT2D eigenvalue weighted by Gasteiger charge is 2.40. The Balaban J connectivity index is 1.61. The predicted molar refractivity (Wildman–Crippen MR) is 124 cm³/mol. The predicted octanol–water partition coefficient (Wildman–Crippen LogP) is 6.58. The molecule has 0 aliphatic rings. The highest BCUT2D eigenvalue weighted by Crippen LogP contribution is 2.38. The van der Waals surface area contributed by atoms with Gasteiger partial charge in [-0.2, -0.15) is 13.2 Å². The van der Waals surface area contributed by atoms with Gasteiger partial charge in [-0.1, -0.05) is 41.4 Å². The average Bonchev–Trinajstić information content (AvgIpc) is 2.81. The van der Waals surface area contributed by atoms with Crippen LogP contribution in [0.3, 0.4) is 0 Å². The molecule has 1 N–H and O–H groups in total. The first-order valence-corrected chi connectivity index (χ1v) is 10.6. The quantitative estimate of drug-likeness (QED) is 0.321. The van der Waals surface area contributed by atoms with E-state index in [1.54, 1.807) is 43.3 Å². The van der Waals surface area contributed by atoms with Gasteiger partial charge in [0.05, 0.1) is 16.1 Å². The Bertz CT molecular complexity index is 1450. The van der Waals surface area contributed by atoms with E-state index in [0.717, 1.165) is 11.6 Å². The highest BCUT2D eigenvalue weighted by atomic mass is 35.5. The molecule has 180 valence electrons. The molecular weight excluding hydrogens is 487 g/mol. The van der Waals surface area contributed by atoms with E-state index < -0.39 is 35.6 Å². The number of ether oxygens (including phenoxy) is 2. The lowest BCUT2D eigenvalue weighted by Crippen LogP contribution is -2.20. The molecule has 35 heavy (non-hydrogen) atoms. The minimum atomic E-state index is -5.00. The van der Waals surface area contributed by atoms with E-state index in [1.165, 1.54) is 24.3 Å². The van der Waals surface area contributed by atoms with Gasteiger partial charge in [-0.25, -0.2) is 0 Å². The van der Waals surface area contributed by atoms with E-state index in [4.69, 9.17) is 25.5 Å². The fourth-order valence-corrected chi connectivity index (χ4v) is 3.33. The molecule has 3 aromatic carbocycles. The van der Waals surface area contributed by atoms with Crippen LogP contribution < -0.4 is 20.2 Å². The van der Waals surface area contributed by atoms with Gasteiger partial charge in [0.15, 0.2) is 6.61 Å². The number of alkyl halides is 3. The van der Waals surface area contributed by atoms with Crippen LogP contribution in [0, 0.1) is 6.92 Å². The second-order valence-corrected chi connectivity index (χ2v) is 7.88. The van der Waals surface area contributed by atoms with Crippen LogP contribution in [0.2, 0.25) is 5.02 Å². The fourth-order valence-electron chi connectivity index (χ4n) is 3.15. The first-order chi connectivity index (χ1) is 16.6. The normalized spacial score (nSPS) is 11.3. The first-order valence-electron chi connectivity index (χ1n) is 10.2. The minimum absolute atomic E-state index is 0.0234. The van der Waals surface area contributed by atoms with Gasteiger partial charge in [0, 0.05) is 6.07 Å². The van der Waals surface area contributed by atoms with Crippen LogP contribution in [0.1, 0.15) is 11.3 Å². The SMILES string of the molecule is Cc1ccc(Oc2c(C(F)(F)F)oc3cc(OCC(=O)Nc4ccccc4Cl)ccc3c2=O)cc1. The number of carbonyl (C=O) groups excluding carboxylic acids is 1. The molecule has 0 aliphatic heterocycles. The minimum Gasteiger partial charge on any atom is -0.484 e. The number of anilines is 1. The molecule has 0 spiro atoms. The van der Waals surface area contributed by atoms with Gasteiger partial charge in [-0.05, 0) is 43.3 Å². The summed E-state index contributed by atoms with van der Waals surface area (Å²) in [5.74, 6) is -3.02. The molecule has 0 saturated carbocycles. The number of carbonyl (C=O) groups is 1. The van der Waals surface area contributed by atoms with Crippen LogP contribution in [-0.2, 0) is 11.0 Å². The standard InChI is InChI=1S/C25H17ClF3NO5/c1-14-6-8-15(9-7-14)34-23-22(32)17-11-10-16(12-20(17)35-24(23)25(27,28)29)33-13-21(31)30-19-5-3-2-4-18(19)26/h2-12H,13H2,1H3,(H,30,31). The number of rotatable bonds is 6. The summed E-state index contributed by atoms with van der Waals surface area (Å²) in [6.07, 6.45) is -5.00. The molecule has 0 saturated heterocycles. The van der Waals surface area contributed by atoms with Gasteiger partial charge in [-0.3, -0.25) is 9.59 Å². The van der Waals surface area contributed by atoms with Crippen LogP contribution in [-0.4, -0.2) is 12.5 Å². The van der Waals surface area contributed by atoms with Crippen molar-refractivity contribution in [1.82, 2.24) is 0 Å². The summed E-state index contributed by atoms with van der Waals surface area (Å²) in [4.78, 5) is 25.0. The second kappa shape index (κ2) is 9.71. The molecule has 4 rings (SSSR count). The zero-order valence-electron chi connectivity index (χ0n) is 18.1. The molecule has 0 bridgehead atoms. The Kier molecular flexibility index (Phi) is 6.70. The monoisotopic (exact) mass is 503 g/mol. The molecule has 6 nitrogen and oxygen atoms in total. The van der Waals surface area contributed by atoms with Crippen molar-refractivity contribution in [2.75, 3.05) is 11.9 Å². The maximum Gasteiger partial charge on any atom is 0.453 e. The van der Waals surface area contributed by atoms with E-state index >= 15 is 0 Å². The maximum atomic E-state index is 13.7. The zero-order chi connectivity index (χ0) is 25.2. The Morgan fingerprint density at radius 3 is 2.40 bits per heavy atom. The summed E-state index contributed by atoms with van der Waals surface area (Å²) >= 11 is 5.99. The summed E-state index contributed by atoms with van der Waals surface area (Å²) in [6.45, 7) is 1.34. The molecule has 0 fully saturated rings. The van der Waals surface area contributed by atoms with Crippen molar-refractivity contribution in [3.63, 3.8) is 0 Å². The van der Waals surface area contributed by atoms with E-state index in [1.807, 2.05) is 0 Å². The largest absolute Gasteiger partial charge is 0.484 e. The third kappa shape index (κ3) is 5.58. The third-order valence-electron chi connectivity index (χ3n) is 4.84. The summed E-state index contributed by atoms with van der Waals surface area (Å²) in [5, 5.41) is 2.74. The van der Waals surface area contributed by atoms with Crippen molar-refractivity contribution in [3.05, 3.63) is 93.3 Å². The van der Waals surface area contributed by atoms with Crippen molar-refractivity contribution >= 4 is 34.2 Å². The third-order valence-corrected chi connectivity index (χ3v) is 5.17. The second-order valence-electron chi connectivity index (χ2n) is 7.48. The van der Waals surface area contributed by atoms with E-state index in [2.05, 4.69) is 5.32 Å². The Hall–Kier alpha value is -3.98. The molecule has 1 heterocycles. The summed E-state index contributed by atoms with van der Waals surface area (Å²) in [7, 11) is 0. The van der Waals surface area contributed by atoms with Crippen molar-refractivity contribution in [2.45, 2.75) is 13.1 Å². The fraction of sp³-hybridized carbons (Fsp3) is 0.120. The Labute approximate surface area is 201 Å². The Morgan fingerprint density at radius 1 is 1.03 bits per heavy atom. The number of benzene rings is 3. The van der Waals surface area contributed by atoms with E-state index in [9.17, 15) is 22.8 Å². The number of amides is 1. The van der Waals surface area contributed by atoms with Crippen molar-refractivity contribution in [2.24, 2.45) is 0 Å². The molecule has 0 aliphatic carbocycles. The zero-order valence-corrected chi connectivity index (χ0v) is 18.9. The molecule has 0 radical (unpaired) electrons. The summed E-state index contributed by atoms with van der Waals surface area (Å²) in [6, 6.07) is 16.4. The molecule has 4 aromatic rings. The van der Waals surface area contributed by atoms with Gasteiger partial charge in [0.1, 0.15) is 17.1 Å². The number of fused-ring (bicyclic) bond motifs is 1. The molecular formula is C25H17ClF3NO5. The lowest BCUT2D eigenvalue weighted by atomic mass is 10.2. The molecule has 10 heteroatoms. The number of halogens is 4. The summed E-state index contributed by atoms with van der Waals surface area (Å²) < 4.78 is 56.8. The Morgan fingerprint density at radius 2 is 1.71 bits per heavy atom. The van der Waals surface area contributed by atoms with Crippen molar-refractivity contribution in [1.29, 1.82) is 0 Å². The molecule has 1 amide bonds. The van der Waals surface area contributed by atoms with E-state index in [0.29, 0.717) is 10.7 Å². The topological polar surface area (TPSA) is 77.8 Å². The van der Waals surface area contributed by atoms with Gasteiger partial charge >= 0.3 is 6.18 Å². The number of aryl methyl sites for hydroxylation is 1. The smallest absolute Gasteiger partial charge is 0.453 e. The van der Waals surface area contributed by atoms with Gasteiger partial charge in [0.25, 0.3) is 11.7 Å². The molecule has 0 unspecified atom stereocenters. The number of nitrogens with one attached hydrogen (secondary N) is 1.